The normalized spacial score (nSPS) is 22.5. The first-order valence-electron chi connectivity index (χ1n) is 9.77. The summed E-state index contributed by atoms with van der Waals surface area (Å²) in [5, 5.41) is 3.08. The van der Waals surface area contributed by atoms with Gasteiger partial charge < -0.3 is 10.2 Å². The molecule has 2 fully saturated rings. The van der Waals surface area contributed by atoms with Crippen LogP contribution in [0.4, 0.5) is 0 Å². The predicted molar refractivity (Wildman–Crippen MR) is 99.0 cm³/mol. The molecule has 1 saturated heterocycles. The van der Waals surface area contributed by atoms with Crippen molar-refractivity contribution in [2.24, 2.45) is 5.92 Å². The van der Waals surface area contributed by atoms with E-state index >= 15 is 0 Å². The molecule has 25 heavy (non-hydrogen) atoms. The smallest absolute Gasteiger partial charge is 0.225 e. The van der Waals surface area contributed by atoms with E-state index in [1.165, 1.54) is 31.2 Å². The fourth-order valence-corrected chi connectivity index (χ4v) is 4.14. The predicted octanol–water partition coefficient (Wildman–Crippen LogP) is 3.57. The number of carbonyl (C=O) groups is 2. The Morgan fingerprint density at radius 1 is 1.12 bits per heavy atom. The zero-order chi connectivity index (χ0) is 17.6. The van der Waals surface area contributed by atoms with Crippen LogP contribution < -0.4 is 5.32 Å². The van der Waals surface area contributed by atoms with Crippen molar-refractivity contribution < 1.29 is 9.59 Å². The first kappa shape index (κ1) is 18.0. The van der Waals surface area contributed by atoms with Crippen molar-refractivity contribution in [1.82, 2.24) is 10.2 Å². The largest absolute Gasteiger partial charge is 0.352 e. The van der Waals surface area contributed by atoms with E-state index in [0.29, 0.717) is 32.0 Å². The Bertz CT molecular complexity index is 606. The van der Waals surface area contributed by atoms with E-state index in [0.717, 1.165) is 18.4 Å². The van der Waals surface area contributed by atoms with Crippen LogP contribution in [0.15, 0.2) is 24.3 Å². The topological polar surface area (TPSA) is 49.4 Å². The molecule has 0 aromatic heterocycles. The SMILES string of the molecule is Cc1ccccc1CNC(=O)[C@H]1CCC(=O)N(C2CCCCCC2)C1. The van der Waals surface area contributed by atoms with E-state index in [4.69, 9.17) is 0 Å². The number of nitrogens with zero attached hydrogens (tertiary/aromatic N) is 1. The average Bonchev–Trinajstić information content (AvgIpc) is 2.90. The third kappa shape index (κ3) is 4.62. The third-order valence-corrected chi connectivity index (χ3v) is 5.79. The van der Waals surface area contributed by atoms with Crippen molar-refractivity contribution in [2.75, 3.05) is 6.54 Å². The summed E-state index contributed by atoms with van der Waals surface area (Å²) in [4.78, 5) is 27.0. The van der Waals surface area contributed by atoms with Crippen LogP contribution in [0, 0.1) is 12.8 Å². The van der Waals surface area contributed by atoms with Crippen LogP contribution >= 0.6 is 0 Å². The molecule has 1 aliphatic carbocycles. The maximum absolute atomic E-state index is 12.6. The molecular formula is C21H30N2O2. The number of hydrogen-bond acceptors (Lipinski definition) is 2. The number of benzene rings is 1. The zero-order valence-corrected chi connectivity index (χ0v) is 15.3. The number of amides is 2. The van der Waals surface area contributed by atoms with Crippen LogP contribution in [0.1, 0.15) is 62.5 Å². The number of piperidine rings is 1. The molecule has 1 saturated carbocycles. The quantitative estimate of drug-likeness (QED) is 0.851. The van der Waals surface area contributed by atoms with Gasteiger partial charge in [-0.2, -0.15) is 0 Å². The Labute approximate surface area is 151 Å². The van der Waals surface area contributed by atoms with Crippen molar-refractivity contribution in [2.45, 2.75) is 70.9 Å². The minimum absolute atomic E-state index is 0.0648. The van der Waals surface area contributed by atoms with E-state index < -0.39 is 0 Å². The van der Waals surface area contributed by atoms with Gasteiger partial charge in [0, 0.05) is 25.6 Å². The molecule has 0 radical (unpaired) electrons. The minimum Gasteiger partial charge on any atom is -0.352 e. The molecule has 1 atom stereocenters. The zero-order valence-electron chi connectivity index (χ0n) is 15.3. The molecule has 1 aromatic carbocycles. The van der Waals surface area contributed by atoms with Gasteiger partial charge in [-0.3, -0.25) is 9.59 Å². The Balaban J connectivity index is 1.57. The highest BCUT2D eigenvalue weighted by atomic mass is 16.2. The summed E-state index contributed by atoms with van der Waals surface area (Å²) < 4.78 is 0. The van der Waals surface area contributed by atoms with Crippen LogP contribution in [-0.2, 0) is 16.1 Å². The molecule has 136 valence electrons. The lowest BCUT2D eigenvalue weighted by Crippen LogP contribution is -2.49. The lowest BCUT2D eigenvalue weighted by molar-refractivity contribution is -0.141. The number of likely N-dealkylation sites (tertiary alicyclic amines) is 1. The molecule has 2 aliphatic rings. The Hall–Kier alpha value is -1.84. The van der Waals surface area contributed by atoms with Gasteiger partial charge in [0.05, 0.1) is 5.92 Å². The van der Waals surface area contributed by atoms with E-state index in [9.17, 15) is 9.59 Å². The first-order chi connectivity index (χ1) is 12.1. The maximum Gasteiger partial charge on any atom is 0.225 e. The van der Waals surface area contributed by atoms with Crippen LogP contribution in [0.25, 0.3) is 0 Å². The van der Waals surface area contributed by atoms with Gasteiger partial charge in [0.25, 0.3) is 0 Å². The standard InChI is InChI=1S/C21H30N2O2/c1-16-8-6-7-9-17(16)14-22-21(25)18-12-13-20(24)23(15-18)19-10-4-2-3-5-11-19/h6-9,18-19H,2-5,10-15H2,1H3,(H,22,25)/t18-/m0/s1. The lowest BCUT2D eigenvalue weighted by Gasteiger charge is -2.37. The molecule has 0 spiro atoms. The van der Waals surface area contributed by atoms with Gasteiger partial charge in [0.1, 0.15) is 0 Å². The van der Waals surface area contributed by atoms with E-state index in [1.54, 1.807) is 0 Å². The molecular weight excluding hydrogens is 312 g/mol. The fourth-order valence-electron chi connectivity index (χ4n) is 4.14. The molecule has 0 bridgehead atoms. The fraction of sp³-hybridized carbons (Fsp3) is 0.619. The van der Waals surface area contributed by atoms with Crippen molar-refractivity contribution in [3.8, 4) is 0 Å². The van der Waals surface area contributed by atoms with Gasteiger partial charge in [0.15, 0.2) is 0 Å². The molecule has 4 heteroatoms. The summed E-state index contributed by atoms with van der Waals surface area (Å²) in [7, 11) is 0. The Morgan fingerprint density at radius 2 is 1.84 bits per heavy atom. The summed E-state index contributed by atoms with van der Waals surface area (Å²) in [6.07, 6.45) is 8.36. The number of carbonyl (C=O) groups excluding carboxylic acids is 2. The molecule has 4 nitrogen and oxygen atoms in total. The van der Waals surface area contributed by atoms with E-state index in [-0.39, 0.29) is 17.7 Å². The summed E-state index contributed by atoms with van der Waals surface area (Å²) >= 11 is 0. The van der Waals surface area contributed by atoms with Crippen LogP contribution in [0.3, 0.4) is 0 Å². The summed E-state index contributed by atoms with van der Waals surface area (Å²) in [6.45, 7) is 3.23. The second kappa shape index (κ2) is 8.50. The molecule has 1 aromatic rings. The van der Waals surface area contributed by atoms with Gasteiger partial charge in [-0.05, 0) is 37.3 Å². The Morgan fingerprint density at radius 3 is 2.56 bits per heavy atom. The average molecular weight is 342 g/mol. The lowest BCUT2D eigenvalue weighted by atomic mass is 9.93. The molecule has 1 N–H and O–H groups in total. The number of rotatable bonds is 4. The highest BCUT2D eigenvalue weighted by molar-refractivity contribution is 5.84. The first-order valence-corrected chi connectivity index (χ1v) is 9.77. The van der Waals surface area contributed by atoms with E-state index in [1.807, 2.05) is 17.0 Å². The van der Waals surface area contributed by atoms with Gasteiger partial charge in [0.2, 0.25) is 11.8 Å². The van der Waals surface area contributed by atoms with Gasteiger partial charge >= 0.3 is 0 Å². The van der Waals surface area contributed by atoms with Crippen molar-refractivity contribution in [3.63, 3.8) is 0 Å². The van der Waals surface area contributed by atoms with Gasteiger partial charge in [-0.1, -0.05) is 49.9 Å². The molecule has 1 heterocycles. The number of hydrogen-bond donors (Lipinski definition) is 1. The van der Waals surface area contributed by atoms with Gasteiger partial charge in [-0.15, -0.1) is 0 Å². The molecule has 1 aliphatic heterocycles. The summed E-state index contributed by atoms with van der Waals surface area (Å²) in [6, 6.07) is 8.48. The highest BCUT2D eigenvalue weighted by Gasteiger charge is 2.34. The molecule has 2 amide bonds. The van der Waals surface area contributed by atoms with Crippen molar-refractivity contribution in [3.05, 3.63) is 35.4 Å². The highest BCUT2D eigenvalue weighted by Crippen LogP contribution is 2.27. The van der Waals surface area contributed by atoms with Crippen molar-refractivity contribution >= 4 is 11.8 Å². The maximum atomic E-state index is 12.6. The monoisotopic (exact) mass is 342 g/mol. The number of nitrogens with one attached hydrogen (secondary N) is 1. The molecule has 0 unspecified atom stereocenters. The number of aryl methyl sites for hydroxylation is 1. The minimum atomic E-state index is -0.0648. The van der Waals surface area contributed by atoms with Crippen LogP contribution in [0.5, 0.6) is 0 Å². The van der Waals surface area contributed by atoms with Crippen molar-refractivity contribution in [1.29, 1.82) is 0 Å². The summed E-state index contributed by atoms with van der Waals surface area (Å²) in [5.74, 6) is 0.272. The van der Waals surface area contributed by atoms with Gasteiger partial charge in [-0.25, -0.2) is 0 Å². The second-order valence-corrected chi connectivity index (χ2v) is 7.57. The van der Waals surface area contributed by atoms with E-state index in [2.05, 4.69) is 24.4 Å². The third-order valence-electron chi connectivity index (χ3n) is 5.79. The second-order valence-electron chi connectivity index (χ2n) is 7.57. The van der Waals surface area contributed by atoms with Crippen LogP contribution in [-0.4, -0.2) is 29.3 Å². The Kier molecular flexibility index (Phi) is 6.11. The van der Waals surface area contributed by atoms with Crippen LogP contribution in [0.2, 0.25) is 0 Å². The molecule has 3 rings (SSSR count). The summed E-state index contributed by atoms with van der Waals surface area (Å²) in [5.41, 5.74) is 2.35.